The maximum Gasteiger partial charge on any atom is 0.298 e. The number of piperidine rings is 2. The number of hydrogen-bond acceptors (Lipinski definition) is 20. The van der Waals surface area contributed by atoms with Crippen molar-refractivity contribution in [3.63, 3.8) is 0 Å². The van der Waals surface area contributed by atoms with Crippen molar-refractivity contribution >= 4 is 56.3 Å². The first-order valence-electron chi connectivity index (χ1n) is 29.1. The normalized spacial score (nSPS) is 15.1. The number of nitrogens with two attached hydrogens (primary N) is 1. The summed E-state index contributed by atoms with van der Waals surface area (Å²) in [4.78, 5) is 55.0. The Balaban J connectivity index is 0.000000173. The molecule has 5 N–H and O–H groups in total. The van der Waals surface area contributed by atoms with E-state index in [9.17, 15) is 9.59 Å². The highest BCUT2D eigenvalue weighted by atomic mass is 16.6. The Morgan fingerprint density at radius 1 is 0.596 bits per heavy atom. The third-order valence-electron chi connectivity index (χ3n) is 16.5. The maximum absolute atomic E-state index is 13.4. The molecule has 4 aromatic carbocycles. The minimum atomic E-state index is -0.157. The van der Waals surface area contributed by atoms with Gasteiger partial charge in [-0.3, -0.25) is 9.59 Å². The number of aromatic nitrogens is 8. The second-order valence-electron chi connectivity index (χ2n) is 22.4. The number of benzene rings is 4. The summed E-state index contributed by atoms with van der Waals surface area (Å²) in [5, 5.41) is 14.8. The fraction of sp³-hybridized carbons (Fsp3) is 0.394. The van der Waals surface area contributed by atoms with E-state index < -0.39 is 0 Å². The van der Waals surface area contributed by atoms with Crippen LogP contribution in [0.2, 0.25) is 0 Å². The minimum absolute atomic E-state index is 0. The van der Waals surface area contributed by atoms with Gasteiger partial charge in [0.2, 0.25) is 5.75 Å². The number of rotatable bonds is 10. The minimum Gasteiger partial charge on any atom is -0.496 e. The summed E-state index contributed by atoms with van der Waals surface area (Å²) in [6.45, 7) is 17.3. The Hall–Kier alpha value is -9.32. The lowest BCUT2D eigenvalue weighted by atomic mass is 9.98. The molecular formula is C66H78N12O11. The van der Waals surface area contributed by atoms with Crippen molar-refractivity contribution in [3.05, 3.63) is 88.7 Å². The van der Waals surface area contributed by atoms with Gasteiger partial charge in [0, 0.05) is 56.1 Å². The van der Waals surface area contributed by atoms with Crippen molar-refractivity contribution in [2.24, 2.45) is 5.73 Å². The first kappa shape index (κ1) is 62.7. The molecule has 0 radical (unpaired) electrons. The highest BCUT2D eigenvalue weighted by Crippen LogP contribution is 2.50. The van der Waals surface area contributed by atoms with E-state index in [0.717, 1.165) is 97.7 Å². The molecule has 10 aromatic rings. The molecular weight excluding hydrogens is 1140 g/mol. The van der Waals surface area contributed by atoms with Crippen molar-refractivity contribution in [1.29, 1.82) is 0 Å². The van der Waals surface area contributed by atoms with Crippen LogP contribution in [0.25, 0.3) is 88.6 Å². The molecule has 10 heterocycles. The zero-order valence-electron chi connectivity index (χ0n) is 50.5. The van der Waals surface area contributed by atoms with Gasteiger partial charge in [-0.2, -0.15) is 0 Å². The first-order chi connectivity index (χ1) is 42.1. The number of ether oxygens (including phenoxy) is 7. The molecule has 0 atom stereocenters. The molecule has 23 nitrogen and oxygen atoms in total. The number of fused-ring (bicyclic) bond motifs is 8. The van der Waals surface area contributed by atoms with Gasteiger partial charge in [-0.1, -0.05) is 25.2 Å². The zero-order valence-corrected chi connectivity index (χ0v) is 50.5. The second kappa shape index (κ2) is 26.2. The highest BCUT2D eigenvalue weighted by Gasteiger charge is 2.31. The SMILES string of the molecule is C.C.CN1CCC(N)CC1.COc1cc2c(cc1-c1c(C)noc1C)[nH]c1nc(C)nc(-c3ccc(C(=O)NC4CCN(C)CC4)c4c3OCCO4)c12.COc1cc2c(cc1-c1c(C)noc1C)[nH]c1nc(C)nc(-c3ccc(OC=O)c4c3OCCO4)c12. The molecule has 0 aliphatic carbocycles. The zero-order chi connectivity index (χ0) is 60.8. The Morgan fingerprint density at radius 3 is 1.49 bits per heavy atom. The van der Waals surface area contributed by atoms with Gasteiger partial charge in [0.25, 0.3) is 12.4 Å². The van der Waals surface area contributed by atoms with Gasteiger partial charge < -0.3 is 73.0 Å². The average Bonchev–Trinajstić information content (AvgIpc) is 1.99. The lowest BCUT2D eigenvalue weighted by molar-refractivity contribution is -0.120. The second-order valence-corrected chi connectivity index (χ2v) is 22.4. The monoisotopic (exact) mass is 1210 g/mol. The van der Waals surface area contributed by atoms with Crippen LogP contribution in [0.1, 0.15) is 85.5 Å². The van der Waals surface area contributed by atoms with Crippen LogP contribution in [0.15, 0.2) is 57.6 Å². The Bertz CT molecular complexity index is 4220. The largest absolute Gasteiger partial charge is 0.496 e. The van der Waals surface area contributed by atoms with Crippen LogP contribution in [-0.2, 0) is 4.79 Å². The molecule has 1 amide bonds. The number of likely N-dealkylation sites (tertiary alicyclic amines) is 2. The molecule has 4 aliphatic heterocycles. The molecule has 0 saturated carbocycles. The molecule has 14 rings (SSSR count). The smallest absolute Gasteiger partial charge is 0.298 e. The summed E-state index contributed by atoms with van der Waals surface area (Å²) in [6.07, 6.45) is 4.19. The Morgan fingerprint density at radius 2 is 1.04 bits per heavy atom. The van der Waals surface area contributed by atoms with E-state index in [0.29, 0.717) is 130 Å². The van der Waals surface area contributed by atoms with Gasteiger partial charge in [0.05, 0.1) is 64.5 Å². The summed E-state index contributed by atoms with van der Waals surface area (Å²) in [7, 11) is 7.53. The summed E-state index contributed by atoms with van der Waals surface area (Å²) in [5.41, 5.74) is 17.1. The fourth-order valence-electron chi connectivity index (χ4n) is 12.1. The van der Waals surface area contributed by atoms with E-state index in [2.05, 4.69) is 54.5 Å². The number of aryl methyl sites for hydroxylation is 6. The van der Waals surface area contributed by atoms with Crippen molar-refractivity contribution in [1.82, 2.24) is 55.3 Å². The highest BCUT2D eigenvalue weighted by molar-refractivity contribution is 6.16. The van der Waals surface area contributed by atoms with Crippen LogP contribution in [0.3, 0.4) is 0 Å². The van der Waals surface area contributed by atoms with Crippen LogP contribution >= 0.6 is 0 Å². The van der Waals surface area contributed by atoms with Gasteiger partial charge >= 0.3 is 0 Å². The number of aromatic amines is 2. The Labute approximate surface area is 515 Å². The number of nitrogens with zero attached hydrogens (tertiary/aromatic N) is 8. The predicted octanol–water partition coefficient (Wildman–Crippen LogP) is 10.9. The third-order valence-corrected chi connectivity index (χ3v) is 16.5. The van der Waals surface area contributed by atoms with Crippen molar-refractivity contribution in [2.45, 2.75) is 94.2 Å². The molecule has 89 heavy (non-hydrogen) atoms. The number of hydrogen-bond donors (Lipinski definition) is 4. The molecule has 23 heteroatoms. The van der Waals surface area contributed by atoms with Crippen LogP contribution in [0, 0.1) is 41.5 Å². The van der Waals surface area contributed by atoms with Gasteiger partial charge in [0.15, 0.2) is 23.0 Å². The molecule has 468 valence electrons. The topological polar surface area (TPSA) is 278 Å². The summed E-state index contributed by atoms with van der Waals surface area (Å²) >= 11 is 0. The molecule has 0 unspecified atom stereocenters. The number of nitrogens with one attached hydrogen (secondary N) is 3. The van der Waals surface area contributed by atoms with Crippen LogP contribution in [-0.4, -0.2) is 155 Å². The average molecular weight is 1220 g/mol. The molecule has 6 aromatic heterocycles. The fourth-order valence-corrected chi connectivity index (χ4v) is 12.1. The van der Waals surface area contributed by atoms with Crippen LogP contribution in [0.5, 0.6) is 40.2 Å². The predicted molar refractivity (Wildman–Crippen MR) is 341 cm³/mol. The van der Waals surface area contributed by atoms with Gasteiger partial charge in [-0.25, -0.2) is 19.9 Å². The first-order valence-corrected chi connectivity index (χ1v) is 29.1. The number of H-pyrrole nitrogens is 2. The van der Waals surface area contributed by atoms with E-state index in [1.165, 1.54) is 25.9 Å². The lowest BCUT2D eigenvalue weighted by Crippen LogP contribution is -2.43. The summed E-state index contributed by atoms with van der Waals surface area (Å²) in [5.74, 6) is 5.87. The summed E-state index contributed by atoms with van der Waals surface area (Å²) < 4.78 is 51.7. The van der Waals surface area contributed by atoms with Crippen LogP contribution in [0.4, 0.5) is 0 Å². The van der Waals surface area contributed by atoms with E-state index in [1.807, 2.05) is 77.9 Å². The van der Waals surface area contributed by atoms with E-state index in [-0.39, 0.29) is 32.6 Å². The van der Waals surface area contributed by atoms with Gasteiger partial charge in [-0.15, -0.1) is 0 Å². The quantitative estimate of drug-likeness (QED) is 0.0926. The van der Waals surface area contributed by atoms with E-state index >= 15 is 0 Å². The molecule has 0 spiro atoms. The molecule has 0 bridgehead atoms. The maximum atomic E-state index is 13.4. The molecule has 2 saturated heterocycles. The van der Waals surface area contributed by atoms with Crippen LogP contribution < -0.4 is 44.2 Å². The van der Waals surface area contributed by atoms with Crippen molar-refractivity contribution in [3.8, 4) is 85.0 Å². The molecule has 2 fully saturated rings. The number of carbonyl (C=O) groups excluding carboxylic acids is 2. The van der Waals surface area contributed by atoms with Crippen molar-refractivity contribution in [2.75, 3.05) is 80.9 Å². The Kier molecular flexibility index (Phi) is 18.4. The summed E-state index contributed by atoms with van der Waals surface area (Å²) in [6, 6.07) is 15.8. The number of carbonyl (C=O) groups is 2. The standard InChI is InChI=1S/C32H34N6O5.C26H22N4O6.C6H14N2.2CH4/c1-16-26(17(2)43-37-16)23-14-24-22(15-25(23)40-5)27-28(33-18(3)34-31(27)36-24)20-6-7-21(30-29(20)41-12-13-42-30)32(39)35-19-8-10-38(4)11-9-19;1-12-21(13(2)36-30-12)17-9-18-16(10-20(17)32-4)22-23(27-14(3)28-26(22)29-18)15-5-6-19(35-11-31)25-24(15)33-7-8-34-25;1-8-4-2-6(7)3-5-8;;/h6-7,14-15,19H,8-13H2,1-5H3,(H,35,39)(H,33,34,36);5-6,9-11H,7-8H2,1-4H3,(H,27,28,29);6H,2-5,7H2,1H3;2*1H4. The number of amides is 1. The number of methoxy groups -OCH3 is 2. The van der Waals surface area contributed by atoms with E-state index in [1.54, 1.807) is 26.4 Å². The van der Waals surface area contributed by atoms with Gasteiger partial charge in [-0.05, 0) is 156 Å². The third kappa shape index (κ3) is 12.1. The van der Waals surface area contributed by atoms with E-state index in [4.69, 9.17) is 62.9 Å². The van der Waals surface area contributed by atoms with Crippen molar-refractivity contribution < 1.29 is 51.8 Å². The lowest BCUT2D eigenvalue weighted by Gasteiger charge is -2.30. The molecule has 4 aliphatic rings. The van der Waals surface area contributed by atoms with Gasteiger partial charge in [0.1, 0.15) is 72.4 Å².